The normalized spacial score (nSPS) is 12.6. The highest BCUT2D eigenvalue weighted by Crippen LogP contribution is 2.21. The minimum absolute atomic E-state index is 0.0148. The maximum atomic E-state index is 11.8. The zero-order chi connectivity index (χ0) is 19.3. The van der Waals surface area contributed by atoms with Gasteiger partial charge in [-0.1, -0.05) is 31.5 Å². The second-order valence-corrected chi connectivity index (χ2v) is 7.14. The van der Waals surface area contributed by atoms with Gasteiger partial charge in [-0.2, -0.15) is 0 Å². The number of unbranched alkanes of at least 4 members (excludes halogenated alkanes) is 3. The van der Waals surface area contributed by atoms with E-state index in [0.29, 0.717) is 13.0 Å². The molecule has 1 atom stereocenters. The second-order valence-electron chi connectivity index (χ2n) is 7.14. The zero-order valence-electron chi connectivity index (χ0n) is 16.4. The number of ether oxygens (including phenoxy) is 3. The van der Waals surface area contributed by atoms with Gasteiger partial charge >= 0.3 is 5.97 Å². The van der Waals surface area contributed by atoms with Crippen molar-refractivity contribution >= 4 is 5.97 Å². The number of rotatable bonds is 14. The molecule has 0 aliphatic rings. The number of esters is 1. The highest BCUT2D eigenvalue weighted by Gasteiger charge is 2.27. The van der Waals surface area contributed by atoms with E-state index in [1.54, 1.807) is 0 Å². The maximum absolute atomic E-state index is 11.8. The molecule has 0 heterocycles. The number of hydrogen-bond donors (Lipinski definition) is 1. The summed E-state index contributed by atoms with van der Waals surface area (Å²) in [5, 5.41) is 9.80. The van der Waals surface area contributed by atoms with Crippen LogP contribution in [0.4, 0.5) is 0 Å². The Bertz CT molecular complexity index is 486. The predicted molar refractivity (Wildman–Crippen MR) is 102 cm³/mol. The summed E-state index contributed by atoms with van der Waals surface area (Å²) in [5.41, 5.74) is -0.509. The first-order chi connectivity index (χ1) is 12.5. The fourth-order valence-electron chi connectivity index (χ4n) is 2.15. The van der Waals surface area contributed by atoms with Gasteiger partial charge in [0.2, 0.25) is 0 Å². The third kappa shape index (κ3) is 9.78. The van der Waals surface area contributed by atoms with Crippen molar-refractivity contribution in [3.8, 4) is 5.75 Å². The van der Waals surface area contributed by atoms with E-state index >= 15 is 0 Å². The summed E-state index contributed by atoms with van der Waals surface area (Å²) in [6.07, 6.45) is 4.04. The molecule has 0 amide bonds. The van der Waals surface area contributed by atoms with Crippen molar-refractivity contribution in [3.63, 3.8) is 0 Å². The summed E-state index contributed by atoms with van der Waals surface area (Å²) >= 11 is 0. The number of para-hydroxylation sites is 1. The fourth-order valence-corrected chi connectivity index (χ4v) is 2.15. The van der Waals surface area contributed by atoms with E-state index in [-0.39, 0.29) is 19.2 Å². The molecule has 5 heteroatoms. The van der Waals surface area contributed by atoms with Crippen molar-refractivity contribution < 1.29 is 24.1 Å². The molecule has 0 spiro atoms. The number of aliphatic hydroxyl groups is 1. The van der Waals surface area contributed by atoms with Crippen molar-refractivity contribution in [1.82, 2.24) is 0 Å². The first kappa shape index (κ1) is 22.5. The maximum Gasteiger partial charge on any atom is 0.311 e. The lowest BCUT2D eigenvalue weighted by molar-refractivity contribution is -0.158. The molecule has 26 heavy (non-hydrogen) atoms. The molecular formula is C21H34O5. The van der Waals surface area contributed by atoms with E-state index in [1.165, 1.54) is 0 Å². The van der Waals surface area contributed by atoms with Crippen LogP contribution in [0.2, 0.25) is 0 Å². The van der Waals surface area contributed by atoms with Crippen molar-refractivity contribution in [2.45, 2.75) is 59.0 Å². The Morgan fingerprint density at radius 1 is 1.04 bits per heavy atom. The standard InChI is InChI=1S/C21H34O5/c1-4-21(2,3)20(23)26-17-18(22)16-24-14-10-5-6-11-15-25-19-12-8-7-9-13-19/h7-9,12-13,18,22H,4-6,10-11,14-17H2,1-3H3. The Labute approximate surface area is 157 Å². The minimum atomic E-state index is -0.772. The van der Waals surface area contributed by atoms with Crippen LogP contribution in [-0.4, -0.2) is 43.6 Å². The van der Waals surface area contributed by atoms with E-state index in [2.05, 4.69) is 0 Å². The Hall–Kier alpha value is -1.59. The van der Waals surface area contributed by atoms with Crippen LogP contribution in [-0.2, 0) is 14.3 Å². The molecule has 1 N–H and O–H groups in total. The lowest BCUT2D eigenvalue weighted by atomic mass is 9.91. The summed E-state index contributed by atoms with van der Waals surface area (Å²) in [6.45, 7) is 7.12. The summed E-state index contributed by atoms with van der Waals surface area (Å²) < 4.78 is 16.2. The average molecular weight is 366 g/mol. The van der Waals surface area contributed by atoms with Crippen LogP contribution in [0.25, 0.3) is 0 Å². The molecule has 0 fully saturated rings. The summed E-state index contributed by atoms with van der Waals surface area (Å²) in [5.74, 6) is 0.629. The van der Waals surface area contributed by atoms with Gasteiger partial charge in [-0.3, -0.25) is 4.79 Å². The summed E-state index contributed by atoms with van der Waals surface area (Å²) in [7, 11) is 0. The fraction of sp³-hybridized carbons (Fsp3) is 0.667. The molecule has 1 aromatic rings. The van der Waals surface area contributed by atoms with Crippen LogP contribution in [0, 0.1) is 5.41 Å². The molecule has 1 unspecified atom stereocenters. The first-order valence-corrected chi connectivity index (χ1v) is 9.56. The van der Waals surface area contributed by atoms with Gasteiger partial charge in [0, 0.05) is 6.61 Å². The first-order valence-electron chi connectivity index (χ1n) is 9.56. The number of carbonyl (C=O) groups excluding carboxylic acids is 1. The molecule has 0 saturated carbocycles. The number of benzene rings is 1. The van der Waals surface area contributed by atoms with Gasteiger partial charge in [-0.15, -0.1) is 0 Å². The van der Waals surface area contributed by atoms with Crippen LogP contribution in [0.1, 0.15) is 52.9 Å². The molecule has 1 rings (SSSR count). The van der Waals surface area contributed by atoms with Crippen molar-refractivity contribution in [3.05, 3.63) is 30.3 Å². The minimum Gasteiger partial charge on any atom is -0.494 e. The highest BCUT2D eigenvalue weighted by molar-refractivity contribution is 5.75. The van der Waals surface area contributed by atoms with E-state index < -0.39 is 11.5 Å². The Morgan fingerprint density at radius 3 is 2.35 bits per heavy atom. The average Bonchev–Trinajstić information content (AvgIpc) is 2.65. The molecule has 0 aliphatic heterocycles. The van der Waals surface area contributed by atoms with Gasteiger partial charge < -0.3 is 19.3 Å². The highest BCUT2D eigenvalue weighted by atomic mass is 16.5. The van der Waals surface area contributed by atoms with Crippen molar-refractivity contribution in [1.29, 1.82) is 0 Å². The van der Waals surface area contributed by atoms with Gasteiger partial charge in [0.15, 0.2) is 0 Å². The topological polar surface area (TPSA) is 65.0 Å². The lowest BCUT2D eigenvalue weighted by Gasteiger charge is -2.21. The SMILES string of the molecule is CCC(C)(C)C(=O)OCC(O)COCCCCCCOc1ccccc1. The smallest absolute Gasteiger partial charge is 0.311 e. The van der Waals surface area contributed by atoms with Crippen LogP contribution in [0.5, 0.6) is 5.75 Å². The Balaban J connectivity index is 1.93. The van der Waals surface area contributed by atoms with E-state index in [0.717, 1.165) is 38.0 Å². The third-order valence-electron chi connectivity index (χ3n) is 4.35. The molecule has 0 aromatic heterocycles. The largest absolute Gasteiger partial charge is 0.494 e. The predicted octanol–water partition coefficient (Wildman–Crippen LogP) is 3.98. The lowest BCUT2D eigenvalue weighted by Crippen LogP contribution is -2.30. The molecule has 1 aromatic carbocycles. The molecule has 5 nitrogen and oxygen atoms in total. The van der Waals surface area contributed by atoms with E-state index in [1.807, 2.05) is 51.1 Å². The Morgan fingerprint density at radius 2 is 1.69 bits per heavy atom. The van der Waals surface area contributed by atoms with Crippen LogP contribution >= 0.6 is 0 Å². The number of carbonyl (C=O) groups is 1. The molecule has 0 saturated heterocycles. The third-order valence-corrected chi connectivity index (χ3v) is 4.35. The molecule has 148 valence electrons. The van der Waals surface area contributed by atoms with Gasteiger partial charge in [0.05, 0.1) is 18.6 Å². The van der Waals surface area contributed by atoms with Crippen molar-refractivity contribution in [2.24, 2.45) is 5.41 Å². The van der Waals surface area contributed by atoms with Gasteiger partial charge in [-0.05, 0) is 51.7 Å². The van der Waals surface area contributed by atoms with Crippen LogP contribution in [0.3, 0.4) is 0 Å². The molecule has 0 radical (unpaired) electrons. The molecular weight excluding hydrogens is 332 g/mol. The van der Waals surface area contributed by atoms with Crippen molar-refractivity contribution in [2.75, 3.05) is 26.4 Å². The molecule has 0 aliphatic carbocycles. The second kappa shape index (κ2) is 12.7. The number of hydrogen-bond acceptors (Lipinski definition) is 5. The van der Waals surface area contributed by atoms with Gasteiger partial charge in [-0.25, -0.2) is 0 Å². The van der Waals surface area contributed by atoms with E-state index in [9.17, 15) is 9.90 Å². The Kier molecular flexibility index (Phi) is 11.0. The number of aliphatic hydroxyl groups excluding tert-OH is 1. The van der Waals surface area contributed by atoms with Crippen LogP contribution in [0.15, 0.2) is 30.3 Å². The van der Waals surface area contributed by atoms with Gasteiger partial charge in [0.25, 0.3) is 0 Å². The quantitative estimate of drug-likeness (QED) is 0.398. The summed E-state index contributed by atoms with van der Waals surface area (Å²) in [6, 6.07) is 9.82. The zero-order valence-corrected chi connectivity index (χ0v) is 16.4. The summed E-state index contributed by atoms with van der Waals surface area (Å²) in [4.78, 5) is 11.8. The van der Waals surface area contributed by atoms with Gasteiger partial charge in [0.1, 0.15) is 18.5 Å². The van der Waals surface area contributed by atoms with E-state index in [4.69, 9.17) is 14.2 Å². The molecule has 0 bridgehead atoms. The van der Waals surface area contributed by atoms with Crippen LogP contribution < -0.4 is 4.74 Å². The monoisotopic (exact) mass is 366 g/mol.